The molecule has 0 aromatic carbocycles. The fourth-order valence-corrected chi connectivity index (χ4v) is 1.69. The molecular weight excluding hydrogens is 341 g/mol. The number of hydrogen-bond donors (Lipinski definition) is 0. The van der Waals surface area contributed by atoms with Gasteiger partial charge in [-0.2, -0.15) is 6.42 Å². The zero-order chi connectivity index (χ0) is 15.6. The Morgan fingerprint density at radius 3 is 1.55 bits per heavy atom. The van der Waals surface area contributed by atoms with Crippen LogP contribution in [0, 0.1) is 24.2 Å². The minimum absolute atomic E-state index is 0. The maximum absolute atomic E-state index is 3.85. The van der Waals surface area contributed by atoms with E-state index in [0.717, 1.165) is 18.3 Å². The number of hydrogen-bond acceptors (Lipinski definition) is 0. The smallest absolute Gasteiger partial charge is 0 e. The average Bonchev–Trinajstić information content (AvgIpc) is 2.26. The molecule has 0 atom stereocenters. The first-order chi connectivity index (χ1) is 8.54. The SMILES string of the molecule is C.C.CC(C)=C(C)CC(C)C.[CH2-]CCCC(C)(C)C(C)C.[Y]. The summed E-state index contributed by atoms with van der Waals surface area (Å²) in [6.07, 6.45) is 4.91. The summed E-state index contributed by atoms with van der Waals surface area (Å²) in [6.45, 7) is 24.2. The van der Waals surface area contributed by atoms with E-state index in [1.165, 1.54) is 24.8 Å². The van der Waals surface area contributed by atoms with Gasteiger partial charge in [0.25, 0.3) is 0 Å². The summed E-state index contributed by atoms with van der Waals surface area (Å²) < 4.78 is 0. The van der Waals surface area contributed by atoms with Gasteiger partial charge in [0.1, 0.15) is 0 Å². The van der Waals surface area contributed by atoms with E-state index in [0.29, 0.717) is 5.41 Å². The van der Waals surface area contributed by atoms with Crippen LogP contribution in [0.1, 0.15) is 103 Å². The fourth-order valence-electron chi connectivity index (χ4n) is 1.69. The second-order valence-corrected chi connectivity index (χ2v) is 7.48. The van der Waals surface area contributed by atoms with Gasteiger partial charge in [-0.3, -0.25) is 0 Å². The maximum Gasteiger partial charge on any atom is 0 e. The maximum atomic E-state index is 3.85. The largest absolute Gasteiger partial charge is 0.343 e. The minimum Gasteiger partial charge on any atom is -0.343 e. The molecule has 0 spiro atoms. The molecule has 0 fully saturated rings. The van der Waals surface area contributed by atoms with Crippen molar-refractivity contribution in [2.24, 2.45) is 17.3 Å². The van der Waals surface area contributed by atoms with Crippen molar-refractivity contribution < 1.29 is 32.7 Å². The molecule has 22 heavy (non-hydrogen) atoms. The Labute approximate surface area is 170 Å². The standard InChI is InChI=1S/C10H21.C9H18.2CH4.Y/c1-6-7-8-10(4,5)9(2)3;1-7(2)6-9(5)8(3)4;;;/h9H,1,6-8H2,2-5H3;7H,6H2,1-5H3;2*1H4;/q-1;;;;. The molecule has 0 aliphatic heterocycles. The van der Waals surface area contributed by atoms with Gasteiger partial charge < -0.3 is 6.92 Å². The van der Waals surface area contributed by atoms with E-state index in [2.05, 4.69) is 69.2 Å². The molecule has 0 aromatic heterocycles. The van der Waals surface area contributed by atoms with Crippen LogP contribution >= 0.6 is 0 Å². The van der Waals surface area contributed by atoms with Crippen molar-refractivity contribution >= 4 is 0 Å². The van der Waals surface area contributed by atoms with Crippen LogP contribution in [-0.4, -0.2) is 0 Å². The quantitative estimate of drug-likeness (QED) is 0.317. The zero-order valence-electron chi connectivity index (χ0n) is 15.8. The van der Waals surface area contributed by atoms with Crippen LogP contribution in [0.3, 0.4) is 0 Å². The summed E-state index contributed by atoms with van der Waals surface area (Å²) in [5.41, 5.74) is 3.53. The molecule has 0 saturated heterocycles. The van der Waals surface area contributed by atoms with Crippen molar-refractivity contribution in [3.05, 3.63) is 18.1 Å². The second-order valence-electron chi connectivity index (χ2n) is 7.48. The minimum atomic E-state index is 0. The Bertz CT molecular complexity index is 243. The van der Waals surface area contributed by atoms with E-state index in [-0.39, 0.29) is 47.6 Å². The Balaban J connectivity index is -0.0000000774. The van der Waals surface area contributed by atoms with E-state index in [1.807, 2.05) is 0 Å². The molecular formula is C21H47Y-. The molecule has 135 valence electrons. The average molecular weight is 389 g/mol. The van der Waals surface area contributed by atoms with Gasteiger partial charge in [-0.25, -0.2) is 0 Å². The molecule has 0 nitrogen and oxygen atoms in total. The molecule has 0 amide bonds. The third-order valence-electron chi connectivity index (χ3n) is 4.20. The first kappa shape index (κ1) is 34.2. The van der Waals surface area contributed by atoms with Gasteiger partial charge in [0.15, 0.2) is 0 Å². The van der Waals surface area contributed by atoms with Crippen molar-refractivity contribution in [3.8, 4) is 0 Å². The van der Waals surface area contributed by atoms with Gasteiger partial charge in [-0.15, -0.1) is 0 Å². The number of unbranched alkanes of at least 4 members (excludes halogenated alkanes) is 1. The number of allylic oxidation sites excluding steroid dienone is 2. The van der Waals surface area contributed by atoms with Crippen LogP contribution in [-0.2, 0) is 32.7 Å². The van der Waals surface area contributed by atoms with Gasteiger partial charge in [0.2, 0.25) is 0 Å². The second kappa shape index (κ2) is 18.2. The van der Waals surface area contributed by atoms with Crippen LogP contribution < -0.4 is 0 Å². The monoisotopic (exact) mass is 388 g/mol. The summed E-state index contributed by atoms with van der Waals surface area (Å²) >= 11 is 0. The molecule has 0 saturated carbocycles. The molecule has 0 aliphatic carbocycles. The van der Waals surface area contributed by atoms with Gasteiger partial charge in [-0.05, 0) is 44.4 Å². The predicted octanol–water partition coefficient (Wildman–Crippen LogP) is 8.33. The summed E-state index contributed by atoms with van der Waals surface area (Å²) in [5, 5.41) is 0. The first-order valence-electron chi connectivity index (χ1n) is 7.96. The van der Waals surface area contributed by atoms with Crippen molar-refractivity contribution in [3.63, 3.8) is 0 Å². The predicted molar refractivity (Wildman–Crippen MR) is 105 cm³/mol. The fraction of sp³-hybridized carbons (Fsp3) is 0.857. The summed E-state index contributed by atoms with van der Waals surface area (Å²) in [5.74, 6) is 1.60. The van der Waals surface area contributed by atoms with Crippen LogP contribution in [0.25, 0.3) is 0 Å². The first-order valence-corrected chi connectivity index (χ1v) is 7.96. The summed E-state index contributed by atoms with van der Waals surface area (Å²) in [6, 6.07) is 0. The van der Waals surface area contributed by atoms with Crippen LogP contribution in [0.2, 0.25) is 0 Å². The van der Waals surface area contributed by atoms with E-state index in [4.69, 9.17) is 0 Å². The topological polar surface area (TPSA) is 0 Å². The van der Waals surface area contributed by atoms with E-state index in [1.54, 1.807) is 5.57 Å². The van der Waals surface area contributed by atoms with E-state index >= 15 is 0 Å². The normalized spacial score (nSPS) is 9.82. The van der Waals surface area contributed by atoms with Gasteiger partial charge in [0.05, 0.1) is 0 Å². The Morgan fingerprint density at radius 1 is 0.955 bits per heavy atom. The molecule has 0 aromatic rings. The van der Waals surface area contributed by atoms with Crippen molar-refractivity contribution in [1.29, 1.82) is 0 Å². The third-order valence-corrected chi connectivity index (χ3v) is 4.20. The van der Waals surface area contributed by atoms with Gasteiger partial charge in [0, 0.05) is 32.7 Å². The molecule has 0 N–H and O–H groups in total. The van der Waals surface area contributed by atoms with Crippen molar-refractivity contribution in [2.45, 2.75) is 103 Å². The zero-order valence-corrected chi connectivity index (χ0v) is 18.6. The third kappa shape index (κ3) is 20.8. The summed E-state index contributed by atoms with van der Waals surface area (Å²) in [4.78, 5) is 0. The van der Waals surface area contributed by atoms with Gasteiger partial charge >= 0.3 is 0 Å². The molecule has 0 unspecified atom stereocenters. The van der Waals surface area contributed by atoms with E-state index in [9.17, 15) is 0 Å². The molecule has 1 radical (unpaired) electrons. The Hall–Kier alpha value is 0.844. The molecule has 0 aliphatic rings. The Kier molecular flexibility index (Phi) is 28.3. The van der Waals surface area contributed by atoms with Crippen LogP contribution in [0.4, 0.5) is 0 Å². The van der Waals surface area contributed by atoms with Gasteiger partial charge in [-0.1, -0.05) is 80.4 Å². The van der Waals surface area contributed by atoms with Crippen molar-refractivity contribution in [2.75, 3.05) is 0 Å². The molecule has 0 bridgehead atoms. The molecule has 0 heterocycles. The van der Waals surface area contributed by atoms with Crippen LogP contribution in [0.15, 0.2) is 11.1 Å². The van der Waals surface area contributed by atoms with Crippen LogP contribution in [0.5, 0.6) is 0 Å². The molecule has 1 heteroatoms. The van der Waals surface area contributed by atoms with E-state index < -0.39 is 0 Å². The number of rotatable bonds is 6. The molecule has 0 rings (SSSR count). The van der Waals surface area contributed by atoms with Crippen molar-refractivity contribution in [1.82, 2.24) is 0 Å². The Morgan fingerprint density at radius 2 is 1.36 bits per heavy atom. The summed E-state index contributed by atoms with van der Waals surface area (Å²) in [7, 11) is 0.